The van der Waals surface area contributed by atoms with Crippen molar-refractivity contribution in [2.45, 2.75) is 20.0 Å². The molecule has 148 valence electrons. The zero-order valence-electron chi connectivity index (χ0n) is 15.8. The molecule has 0 radical (unpaired) electrons. The second kappa shape index (κ2) is 10.6. The number of aromatic nitrogens is 3. The molecule has 2 heterocycles. The van der Waals surface area contributed by atoms with Gasteiger partial charge in [-0.25, -0.2) is 4.99 Å². The van der Waals surface area contributed by atoms with E-state index in [0.29, 0.717) is 24.6 Å². The molecule has 8 nitrogen and oxygen atoms in total. The number of nitrogens with one attached hydrogen (secondary N) is 3. The van der Waals surface area contributed by atoms with Crippen molar-refractivity contribution in [2.75, 3.05) is 13.6 Å². The van der Waals surface area contributed by atoms with Crippen molar-refractivity contribution in [1.29, 1.82) is 0 Å². The number of hydrogen-bond donors (Lipinski definition) is 3. The van der Waals surface area contributed by atoms with Gasteiger partial charge in [0.05, 0.1) is 13.1 Å². The average Bonchev–Trinajstić information content (AvgIpc) is 3.13. The molecular formula is C19H24IN7O. The summed E-state index contributed by atoms with van der Waals surface area (Å²) in [4.78, 5) is 16.4. The topological polar surface area (TPSA) is 95.7 Å². The molecule has 0 fully saturated rings. The van der Waals surface area contributed by atoms with E-state index in [1.54, 1.807) is 13.1 Å². The van der Waals surface area contributed by atoms with Crippen LogP contribution in [-0.4, -0.2) is 40.1 Å². The fraction of sp³-hybridized carbons (Fsp3) is 0.263. The Labute approximate surface area is 180 Å². The van der Waals surface area contributed by atoms with Gasteiger partial charge in [0.2, 0.25) is 0 Å². The molecule has 3 aromatic rings. The molecule has 0 aliphatic heterocycles. The molecule has 1 amide bonds. The number of rotatable bonds is 6. The summed E-state index contributed by atoms with van der Waals surface area (Å²) in [7, 11) is 1.62. The van der Waals surface area contributed by atoms with Crippen molar-refractivity contribution >= 4 is 41.5 Å². The Kier molecular flexibility index (Phi) is 8.18. The van der Waals surface area contributed by atoms with Gasteiger partial charge in [-0.3, -0.25) is 9.20 Å². The Morgan fingerprint density at radius 1 is 1.14 bits per heavy atom. The van der Waals surface area contributed by atoms with Crippen molar-refractivity contribution in [3.05, 3.63) is 65.6 Å². The van der Waals surface area contributed by atoms with Crippen LogP contribution in [0.3, 0.4) is 0 Å². The number of fused-ring (bicyclic) bond motifs is 1. The van der Waals surface area contributed by atoms with E-state index in [9.17, 15) is 4.79 Å². The van der Waals surface area contributed by atoms with Crippen LogP contribution in [-0.2, 0) is 13.1 Å². The Hall–Kier alpha value is -2.69. The first-order valence-electron chi connectivity index (χ1n) is 8.83. The number of amides is 1. The van der Waals surface area contributed by atoms with E-state index in [0.717, 1.165) is 23.6 Å². The highest BCUT2D eigenvalue weighted by Gasteiger charge is 2.06. The summed E-state index contributed by atoms with van der Waals surface area (Å²) >= 11 is 0. The van der Waals surface area contributed by atoms with Crippen LogP contribution in [0.1, 0.15) is 28.7 Å². The number of carbonyl (C=O) groups is 1. The summed E-state index contributed by atoms with van der Waals surface area (Å²) in [5.41, 5.74) is 2.39. The largest absolute Gasteiger partial charge is 0.357 e. The minimum atomic E-state index is -0.107. The van der Waals surface area contributed by atoms with Gasteiger partial charge in [-0.1, -0.05) is 18.2 Å². The summed E-state index contributed by atoms with van der Waals surface area (Å²) in [6, 6.07) is 13.2. The van der Waals surface area contributed by atoms with E-state index >= 15 is 0 Å². The fourth-order valence-electron chi connectivity index (χ4n) is 2.64. The maximum atomic E-state index is 11.8. The summed E-state index contributed by atoms with van der Waals surface area (Å²) in [6.07, 6.45) is 1.93. The summed E-state index contributed by atoms with van der Waals surface area (Å²) in [5, 5.41) is 17.5. The molecule has 0 saturated carbocycles. The van der Waals surface area contributed by atoms with E-state index < -0.39 is 0 Å². The van der Waals surface area contributed by atoms with E-state index in [4.69, 9.17) is 0 Å². The van der Waals surface area contributed by atoms with Gasteiger partial charge in [-0.15, -0.1) is 34.2 Å². The standard InChI is InChI=1S/C19H23N7O.HI/c1-3-21-19(22-12-14-7-6-8-15(11-14)18(27)20-2)23-13-17-25-24-16-9-4-5-10-26(16)17;/h4-11H,3,12-13H2,1-2H3,(H,20,27)(H2,21,22,23);1H. The van der Waals surface area contributed by atoms with E-state index in [1.807, 2.05) is 53.9 Å². The molecule has 0 aliphatic carbocycles. The molecule has 3 N–H and O–H groups in total. The van der Waals surface area contributed by atoms with Crippen LogP contribution in [0.4, 0.5) is 0 Å². The number of aliphatic imine (C=N–C) groups is 1. The van der Waals surface area contributed by atoms with Crippen LogP contribution in [0.15, 0.2) is 53.7 Å². The molecule has 0 saturated heterocycles. The van der Waals surface area contributed by atoms with Gasteiger partial charge < -0.3 is 16.0 Å². The zero-order chi connectivity index (χ0) is 19.1. The zero-order valence-corrected chi connectivity index (χ0v) is 18.2. The number of carbonyl (C=O) groups excluding carboxylic acids is 1. The van der Waals surface area contributed by atoms with Gasteiger partial charge >= 0.3 is 0 Å². The smallest absolute Gasteiger partial charge is 0.251 e. The van der Waals surface area contributed by atoms with Gasteiger partial charge in [-0.05, 0) is 36.8 Å². The first kappa shape index (κ1) is 21.6. The Bertz CT molecular complexity index is 954. The van der Waals surface area contributed by atoms with Crippen molar-refractivity contribution in [2.24, 2.45) is 4.99 Å². The lowest BCUT2D eigenvalue weighted by Crippen LogP contribution is -2.37. The summed E-state index contributed by atoms with van der Waals surface area (Å²) in [6.45, 7) is 3.70. The van der Waals surface area contributed by atoms with Crippen molar-refractivity contribution < 1.29 is 4.79 Å². The third kappa shape index (κ3) is 5.41. The van der Waals surface area contributed by atoms with Crippen LogP contribution in [0.2, 0.25) is 0 Å². The molecule has 28 heavy (non-hydrogen) atoms. The van der Waals surface area contributed by atoms with Crippen LogP contribution < -0.4 is 16.0 Å². The number of benzene rings is 1. The first-order chi connectivity index (χ1) is 13.2. The number of nitrogens with zero attached hydrogens (tertiary/aromatic N) is 4. The normalized spacial score (nSPS) is 11.0. The van der Waals surface area contributed by atoms with Crippen LogP contribution >= 0.6 is 24.0 Å². The van der Waals surface area contributed by atoms with Gasteiger partial charge in [-0.2, -0.15) is 0 Å². The highest BCUT2D eigenvalue weighted by Crippen LogP contribution is 2.07. The van der Waals surface area contributed by atoms with Crippen molar-refractivity contribution in [1.82, 2.24) is 30.5 Å². The monoisotopic (exact) mass is 493 g/mol. The number of guanidine groups is 1. The molecule has 3 rings (SSSR count). The summed E-state index contributed by atoms with van der Waals surface area (Å²) < 4.78 is 1.93. The Morgan fingerprint density at radius 2 is 2.00 bits per heavy atom. The second-order valence-electron chi connectivity index (χ2n) is 5.87. The Balaban J connectivity index is 0.00000280. The quantitative estimate of drug-likeness (QED) is 0.277. The minimum absolute atomic E-state index is 0. The second-order valence-corrected chi connectivity index (χ2v) is 5.87. The molecule has 0 atom stereocenters. The van der Waals surface area contributed by atoms with Gasteiger partial charge in [0.1, 0.15) is 0 Å². The lowest BCUT2D eigenvalue weighted by molar-refractivity contribution is 0.0963. The number of pyridine rings is 1. The maximum Gasteiger partial charge on any atom is 0.251 e. The third-order valence-corrected chi connectivity index (χ3v) is 3.98. The van der Waals surface area contributed by atoms with Gasteiger partial charge in [0, 0.05) is 25.4 Å². The van der Waals surface area contributed by atoms with Crippen LogP contribution in [0.25, 0.3) is 5.65 Å². The van der Waals surface area contributed by atoms with Crippen LogP contribution in [0, 0.1) is 0 Å². The van der Waals surface area contributed by atoms with Crippen molar-refractivity contribution in [3.8, 4) is 0 Å². The highest BCUT2D eigenvalue weighted by molar-refractivity contribution is 14.0. The molecular weight excluding hydrogens is 469 g/mol. The molecule has 1 aromatic carbocycles. The third-order valence-electron chi connectivity index (χ3n) is 3.98. The SMILES string of the molecule is CCNC(=NCc1cccc(C(=O)NC)c1)NCc1nnc2ccccn12.I. The molecule has 0 bridgehead atoms. The lowest BCUT2D eigenvalue weighted by atomic mass is 10.1. The minimum Gasteiger partial charge on any atom is -0.357 e. The molecule has 0 spiro atoms. The van der Waals surface area contributed by atoms with Gasteiger partial charge in [0.25, 0.3) is 5.91 Å². The first-order valence-corrected chi connectivity index (χ1v) is 8.83. The predicted molar refractivity (Wildman–Crippen MR) is 120 cm³/mol. The van der Waals surface area contributed by atoms with E-state index in [1.165, 1.54) is 0 Å². The Morgan fingerprint density at radius 3 is 2.79 bits per heavy atom. The molecule has 0 aliphatic rings. The average molecular weight is 493 g/mol. The van der Waals surface area contributed by atoms with Gasteiger partial charge in [0.15, 0.2) is 17.4 Å². The van der Waals surface area contributed by atoms with Crippen LogP contribution in [0.5, 0.6) is 0 Å². The highest BCUT2D eigenvalue weighted by atomic mass is 127. The maximum absolute atomic E-state index is 11.8. The number of hydrogen-bond acceptors (Lipinski definition) is 4. The number of halogens is 1. The van der Waals surface area contributed by atoms with E-state index in [-0.39, 0.29) is 29.9 Å². The molecule has 0 unspecified atom stereocenters. The lowest BCUT2D eigenvalue weighted by Gasteiger charge is -2.11. The summed E-state index contributed by atoms with van der Waals surface area (Å²) in [5.74, 6) is 1.37. The van der Waals surface area contributed by atoms with E-state index in [2.05, 4.69) is 31.1 Å². The molecule has 2 aromatic heterocycles. The molecule has 9 heteroatoms. The predicted octanol–water partition coefficient (Wildman–Crippen LogP) is 1.96. The fourth-order valence-corrected chi connectivity index (χ4v) is 2.64. The van der Waals surface area contributed by atoms with Crippen molar-refractivity contribution in [3.63, 3.8) is 0 Å².